The van der Waals surface area contributed by atoms with Crippen LogP contribution in [0.2, 0.25) is 0 Å². The summed E-state index contributed by atoms with van der Waals surface area (Å²) >= 11 is 0. The second-order valence-electron chi connectivity index (χ2n) is 3.46. The molecule has 1 aromatic rings. The molecular weight excluding hydrogens is 166 g/mol. The van der Waals surface area contributed by atoms with E-state index in [1.54, 1.807) is 12.1 Å². The molecule has 13 heavy (non-hydrogen) atoms. The number of hydrogen-bond acceptors (Lipinski definition) is 2. The van der Waals surface area contributed by atoms with Crippen LogP contribution in [-0.4, -0.2) is 17.8 Å². The van der Waals surface area contributed by atoms with Gasteiger partial charge in [-0.3, -0.25) is 4.79 Å². The molecule has 3 nitrogen and oxygen atoms in total. The van der Waals surface area contributed by atoms with E-state index in [0.29, 0.717) is 5.92 Å². The van der Waals surface area contributed by atoms with Gasteiger partial charge >= 0.3 is 0 Å². The van der Waals surface area contributed by atoms with Crippen LogP contribution in [-0.2, 0) is 11.3 Å². The lowest BCUT2D eigenvalue weighted by atomic mass is 10.1. The lowest BCUT2D eigenvalue weighted by Gasteiger charge is -2.09. The predicted molar refractivity (Wildman–Crippen MR) is 49.6 cm³/mol. The first-order chi connectivity index (χ1) is 6.34. The van der Waals surface area contributed by atoms with Gasteiger partial charge in [0, 0.05) is 43.6 Å². The van der Waals surface area contributed by atoms with Crippen molar-refractivity contribution in [3.63, 3.8) is 0 Å². The summed E-state index contributed by atoms with van der Waals surface area (Å²) < 4.78 is 7.32. The Kier molecular flexibility index (Phi) is 2.45. The van der Waals surface area contributed by atoms with Gasteiger partial charge in [0.1, 0.15) is 0 Å². The van der Waals surface area contributed by atoms with Crippen molar-refractivity contribution in [1.82, 2.24) is 4.57 Å². The molecule has 1 atom stereocenters. The zero-order valence-corrected chi connectivity index (χ0v) is 7.48. The number of hydrogen-bond donors (Lipinski definition) is 0. The van der Waals surface area contributed by atoms with Gasteiger partial charge in [-0.05, 0) is 6.42 Å². The topological polar surface area (TPSA) is 31.2 Å². The highest BCUT2D eigenvalue weighted by Crippen LogP contribution is 2.13. The molecule has 0 saturated carbocycles. The largest absolute Gasteiger partial charge is 0.381 e. The Hall–Kier alpha value is -1.09. The molecule has 0 radical (unpaired) electrons. The monoisotopic (exact) mass is 179 g/mol. The first-order valence-corrected chi connectivity index (χ1v) is 4.58. The van der Waals surface area contributed by atoms with Crippen LogP contribution in [0.1, 0.15) is 6.42 Å². The number of ether oxygens (including phenoxy) is 1. The van der Waals surface area contributed by atoms with Crippen LogP contribution >= 0.6 is 0 Å². The Morgan fingerprint density at radius 3 is 2.85 bits per heavy atom. The summed E-state index contributed by atoms with van der Waals surface area (Å²) in [6.45, 7) is 2.69. The average Bonchev–Trinajstić information content (AvgIpc) is 2.62. The minimum Gasteiger partial charge on any atom is -0.381 e. The molecule has 0 aromatic carbocycles. The highest BCUT2D eigenvalue weighted by Gasteiger charge is 2.15. The van der Waals surface area contributed by atoms with Crippen LogP contribution in [0.5, 0.6) is 0 Å². The Balaban J connectivity index is 2.00. The van der Waals surface area contributed by atoms with E-state index < -0.39 is 0 Å². The average molecular weight is 179 g/mol. The maximum absolute atomic E-state index is 10.8. The van der Waals surface area contributed by atoms with E-state index in [0.717, 1.165) is 26.2 Å². The van der Waals surface area contributed by atoms with E-state index in [-0.39, 0.29) is 5.43 Å². The van der Waals surface area contributed by atoms with Gasteiger partial charge in [-0.2, -0.15) is 0 Å². The summed E-state index contributed by atoms with van der Waals surface area (Å²) in [6.07, 6.45) is 4.80. The smallest absolute Gasteiger partial charge is 0.181 e. The molecule has 1 aromatic heterocycles. The molecule has 70 valence electrons. The van der Waals surface area contributed by atoms with Gasteiger partial charge < -0.3 is 9.30 Å². The van der Waals surface area contributed by atoms with Crippen LogP contribution in [0.3, 0.4) is 0 Å². The van der Waals surface area contributed by atoms with E-state index in [4.69, 9.17) is 4.74 Å². The van der Waals surface area contributed by atoms with Crippen molar-refractivity contribution in [2.75, 3.05) is 13.2 Å². The Morgan fingerprint density at radius 2 is 2.23 bits per heavy atom. The normalized spacial score (nSPS) is 22.0. The third-order valence-electron chi connectivity index (χ3n) is 2.35. The molecule has 0 bridgehead atoms. The fourth-order valence-electron chi connectivity index (χ4n) is 1.59. The van der Waals surface area contributed by atoms with E-state index in [1.165, 1.54) is 0 Å². The van der Waals surface area contributed by atoms with E-state index >= 15 is 0 Å². The number of rotatable bonds is 2. The molecule has 1 aliphatic heterocycles. The zero-order valence-electron chi connectivity index (χ0n) is 7.48. The lowest BCUT2D eigenvalue weighted by Crippen LogP contribution is -2.12. The van der Waals surface area contributed by atoms with Crippen molar-refractivity contribution < 1.29 is 4.74 Å². The summed E-state index contributed by atoms with van der Waals surface area (Å²) in [5.41, 5.74) is 0.0684. The number of nitrogens with zero attached hydrogens (tertiary/aromatic N) is 1. The third kappa shape index (κ3) is 2.18. The molecule has 1 saturated heterocycles. The van der Waals surface area contributed by atoms with Gasteiger partial charge in [-0.15, -0.1) is 0 Å². The summed E-state index contributed by atoms with van der Waals surface area (Å²) in [7, 11) is 0. The third-order valence-corrected chi connectivity index (χ3v) is 2.35. The van der Waals surface area contributed by atoms with Crippen molar-refractivity contribution in [3.8, 4) is 0 Å². The van der Waals surface area contributed by atoms with E-state index in [2.05, 4.69) is 0 Å². The molecular formula is C10H13NO2. The fraction of sp³-hybridized carbons (Fsp3) is 0.500. The van der Waals surface area contributed by atoms with Gasteiger partial charge in [0.05, 0.1) is 6.61 Å². The van der Waals surface area contributed by atoms with Crippen molar-refractivity contribution in [3.05, 3.63) is 34.7 Å². The Bertz CT molecular complexity index is 305. The van der Waals surface area contributed by atoms with Crippen LogP contribution < -0.4 is 5.43 Å². The van der Waals surface area contributed by atoms with Crippen LogP contribution in [0.25, 0.3) is 0 Å². The van der Waals surface area contributed by atoms with Gasteiger partial charge in [0.2, 0.25) is 0 Å². The SMILES string of the molecule is O=c1ccn(CC2CCOC2)cc1. The molecule has 1 unspecified atom stereocenters. The predicted octanol–water partition coefficient (Wildman–Crippen LogP) is 0.885. The molecule has 1 fully saturated rings. The molecule has 1 aliphatic rings. The van der Waals surface area contributed by atoms with Crippen molar-refractivity contribution in [1.29, 1.82) is 0 Å². The first-order valence-electron chi connectivity index (χ1n) is 4.58. The minimum absolute atomic E-state index is 0.0684. The minimum atomic E-state index is 0.0684. The first kappa shape index (κ1) is 8.51. The van der Waals surface area contributed by atoms with Crippen LogP contribution in [0.4, 0.5) is 0 Å². The molecule has 0 amide bonds. The molecule has 2 rings (SSSR count). The molecule has 0 aliphatic carbocycles. The molecule has 0 spiro atoms. The summed E-state index contributed by atoms with van der Waals surface area (Å²) in [5.74, 6) is 0.613. The Labute approximate surface area is 77.0 Å². The lowest BCUT2D eigenvalue weighted by molar-refractivity contribution is 0.182. The second-order valence-corrected chi connectivity index (χ2v) is 3.46. The van der Waals surface area contributed by atoms with E-state index in [9.17, 15) is 4.79 Å². The van der Waals surface area contributed by atoms with Gasteiger partial charge in [-0.1, -0.05) is 0 Å². The maximum atomic E-state index is 10.8. The standard InChI is InChI=1S/C10H13NO2/c12-10-1-4-11(5-2-10)7-9-3-6-13-8-9/h1-2,4-5,9H,3,6-8H2. The summed E-state index contributed by atoms with van der Waals surface area (Å²) in [4.78, 5) is 10.8. The van der Waals surface area contributed by atoms with Gasteiger partial charge in [0.15, 0.2) is 5.43 Å². The second kappa shape index (κ2) is 3.75. The van der Waals surface area contributed by atoms with Gasteiger partial charge in [0.25, 0.3) is 0 Å². The molecule has 3 heteroatoms. The van der Waals surface area contributed by atoms with Crippen molar-refractivity contribution in [2.24, 2.45) is 5.92 Å². The fourth-order valence-corrected chi connectivity index (χ4v) is 1.59. The number of pyridine rings is 1. The van der Waals surface area contributed by atoms with Crippen molar-refractivity contribution >= 4 is 0 Å². The van der Waals surface area contributed by atoms with Gasteiger partial charge in [-0.25, -0.2) is 0 Å². The van der Waals surface area contributed by atoms with Crippen molar-refractivity contribution in [2.45, 2.75) is 13.0 Å². The quantitative estimate of drug-likeness (QED) is 0.675. The Morgan fingerprint density at radius 1 is 1.46 bits per heavy atom. The number of aromatic nitrogens is 1. The molecule has 0 N–H and O–H groups in total. The van der Waals surface area contributed by atoms with Crippen LogP contribution in [0, 0.1) is 5.92 Å². The van der Waals surface area contributed by atoms with Crippen LogP contribution in [0.15, 0.2) is 29.3 Å². The maximum Gasteiger partial charge on any atom is 0.181 e. The van der Waals surface area contributed by atoms with E-state index in [1.807, 2.05) is 17.0 Å². The summed E-state index contributed by atoms with van der Waals surface area (Å²) in [6, 6.07) is 3.19. The zero-order chi connectivity index (χ0) is 9.10. The highest BCUT2D eigenvalue weighted by atomic mass is 16.5. The summed E-state index contributed by atoms with van der Waals surface area (Å²) in [5, 5.41) is 0. The molecule has 2 heterocycles. The highest BCUT2D eigenvalue weighted by molar-refractivity contribution is 4.93.